The molecule has 0 saturated heterocycles. The zero-order valence-electron chi connectivity index (χ0n) is 20.9. The number of carbonyl (C=O) groups is 1. The van der Waals surface area contributed by atoms with Gasteiger partial charge in [-0.2, -0.15) is 0 Å². The van der Waals surface area contributed by atoms with Crippen molar-refractivity contribution < 1.29 is 4.79 Å². The van der Waals surface area contributed by atoms with Crippen LogP contribution in [-0.4, -0.2) is 50.4 Å². The Morgan fingerprint density at radius 1 is 1.17 bits per heavy atom. The third kappa shape index (κ3) is 6.10. The topological polar surface area (TPSA) is 74.0 Å². The van der Waals surface area contributed by atoms with Gasteiger partial charge in [-0.25, -0.2) is 4.99 Å². The number of nitrogens with zero attached hydrogens (tertiary/aromatic N) is 3. The van der Waals surface area contributed by atoms with E-state index in [0.717, 1.165) is 66.3 Å². The van der Waals surface area contributed by atoms with E-state index in [1.165, 1.54) is 11.3 Å². The first-order valence-electron chi connectivity index (χ1n) is 12.3. The van der Waals surface area contributed by atoms with Crippen molar-refractivity contribution in [2.45, 2.75) is 32.6 Å². The first-order valence-corrected chi connectivity index (χ1v) is 13.2. The lowest BCUT2D eigenvalue weighted by Crippen LogP contribution is -2.25. The number of nitrogens with two attached hydrogens (primary N) is 1. The van der Waals surface area contributed by atoms with Gasteiger partial charge in [-0.1, -0.05) is 25.1 Å². The van der Waals surface area contributed by atoms with E-state index in [-0.39, 0.29) is 5.91 Å². The van der Waals surface area contributed by atoms with Crippen LogP contribution >= 0.6 is 11.3 Å². The number of carbonyl (C=O) groups excluding carboxylic acids is 1. The molecule has 0 fully saturated rings. The predicted molar refractivity (Wildman–Crippen MR) is 149 cm³/mol. The largest absolute Gasteiger partial charge is 0.383 e. The highest BCUT2D eigenvalue weighted by atomic mass is 32.1. The van der Waals surface area contributed by atoms with Crippen LogP contribution in [0.15, 0.2) is 58.9 Å². The first kappa shape index (κ1) is 24.9. The van der Waals surface area contributed by atoms with Crippen LogP contribution in [0.2, 0.25) is 0 Å². The number of anilines is 2. The zero-order valence-corrected chi connectivity index (χ0v) is 21.7. The molecule has 0 aliphatic carbocycles. The van der Waals surface area contributed by atoms with Gasteiger partial charge in [0.1, 0.15) is 5.84 Å². The number of thiophene rings is 1. The fraction of sp³-hybridized carbons (Fsp3) is 0.357. The monoisotopic (exact) mass is 489 g/mol. The van der Waals surface area contributed by atoms with Crippen molar-refractivity contribution in [1.29, 1.82) is 0 Å². The van der Waals surface area contributed by atoms with Gasteiger partial charge in [0.05, 0.1) is 10.6 Å². The zero-order chi connectivity index (χ0) is 24.8. The SMILES string of the molecule is CCCC(=O)Nc1ccc2c(c1-c1ccc(N=C(N)c3cccs3)cc1)CCN2CCCN(C)C. The molecule has 0 bridgehead atoms. The third-order valence-corrected chi connectivity index (χ3v) is 7.12. The van der Waals surface area contributed by atoms with Crippen molar-refractivity contribution in [2.75, 3.05) is 43.9 Å². The summed E-state index contributed by atoms with van der Waals surface area (Å²) in [5.41, 5.74) is 12.6. The maximum absolute atomic E-state index is 12.5. The highest BCUT2D eigenvalue weighted by Crippen LogP contribution is 2.41. The molecule has 4 rings (SSSR count). The van der Waals surface area contributed by atoms with E-state index in [0.29, 0.717) is 12.3 Å². The van der Waals surface area contributed by atoms with E-state index in [9.17, 15) is 4.79 Å². The lowest BCUT2D eigenvalue weighted by atomic mass is 9.95. The Hall–Kier alpha value is -3.16. The second kappa shape index (κ2) is 11.5. The number of nitrogens with one attached hydrogen (secondary N) is 1. The molecule has 0 radical (unpaired) electrons. The van der Waals surface area contributed by atoms with Gasteiger partial charge in [-0.05, 0) is 86.7 Å². The number of hydrogen-bond donors (Lipinski definition) is 2. The summed E-state index contributed by atoms with van der Waals surface area (Å²) in [5.74, 6) is 0.578. The minimum absolute atomic E-state index is 0.0551. The van der Waals surface area contributed by atoms with Crippen molar-refractivity contribution in [3.05, 3.63) is 64.4 Å². The van der Waals surface area contributed by atoms with Gasteiger partial charge in [-0.3, -0.25) is 4.79 Å². The summed E-state index contributed by atoms with van der Waals surface area (Å²) in [4.78, 5) is 22.7. The standard InChI is InChI=1S/C28H35N5OS/c1-4-7-26(34)31-23-13-14-24-22(15-18-33(24)17-6-16-32(2)3)27(23)20-9-11-21(12-10-20)30-28(29)25-8-5-19-35-25/h5,8-14,19H,4,6-7,15-18H2,1-3H3,(H2,29,30)(H,31,34). The average molecular weight is 490 g/mol. The van der Waals surface area contributed by atoms with Crippen LogP contribution in [0.25, 0.3) is 11.1 Å². The summed E-state index contributed by atoms with van der Waals surface area (Å²) >= 11 is 1.58. The van der Waals surface area contributed by atoms with Crippen LogP contribution in [0.4, 0.5) is 17.1 Å². The van der Waals surface area contributed by atoms with Gasteiger partial charge >= 0.3 is 0 Å². The van der Waals surface area contributed by atoms with Gasteiger partial charge < -0.3 is 20.9 Å². The molecule has 0 spiro atoms. The van der Waals surface area contributed by atoms with E-state index in [4.69, 9.17) is 5.73 Å². The Morgan fingerprint density at radius 3 is 2.66 bits per heavy atom. The first-order chi connectivity index (χ1) is 17.0. The molecule has 1 aliphatic rings. The third-order valence-electron chi connectivity index (χ3n) is 6.22. The summed E-state index contributed by atoms with van der Waals surface area (Å²) < 4.78 is 0. The molecule has 1 amide bonds. The van der Waals surface area contributed by atoms with E-state index in [1.54, 1.807) is 11.3 Å². The van der Waals surface area contributed by atoms with Gasteiger partial charge in [0.15, 0.2) is 0 Å². The molecule has 0 saturated carbocycles. The van der Waals surface area contributed by atoms with E-state index in [1.807, 2.05) is 36.6 Å². The predicted octanol–water partition coefficient (Wildman–Crippen LogP) is 5.50. The van der Waals surface area contributed by atoms with Gasteiger partial charge in [0.2, 0.25) is 5.91 Å². The summed E-state index contributed by atoms with van der Waals surface area (Å²) in [5, 5.41) is 5.16. The number of amidine groups is 1. The van der Waals surface area contributed by atoms with Crippen molar-refractivity contribution in [1.82, 2.24) is 4.90 Å². The molecule has 2 aromatic carbocycles. The molecule has 3 aromatic rings. The smallest absolute Gasteiger partial charge is 0.224 e. The number of amides is 1. The molecule has 0 unspecified atom stereocenters. The Labute approximate surface area is 212 Å². The van der Waals surface area contributed by atoms with Crippen molar-refractivity contribution in [3.63, 3.8) is 0 Å². The Bertz CT molecular complexity index is 1170. The number of aliphatic imine (C=N–C) groups is 1. The van der Waals surface area contributed by atoms with Crippen LogP contribution in [0.3, 0.4) is 0 Å². The molecule has 2 heterocycles. The maximum atomic E-state index is 12.5. The van der Waals surface area contributed by atoms with E-state index >= 15 is 0 Å². The number of rotatable bonds is 10. The van der Waals surface area contributed by atoms with Crippen molar-refractivity contribution in [2.24, 2.45) is 10.7 Å². The van der Waals surface area contributed by atoms with Crippen LogP contribution < -0.4 is 16.0 Å². The van der Waals surface area contributed by atoms with Crippen molar-refractivity contribution in [3.8, 4) is 11.1 Å². The molecule has 184 valence electrons. The van der Waals surface area contributed by atoms with Gasteiger partial charge in [-0.15, -0.1) is 11.3 Å². The van der Waals surface area contributed by atoms with Crippen LogP contribution in [0, 0.1) is 0 Å². The molecule has 6 nitrogen and oxygen atoms in total. The Balaban J connectivity index is 1.65. The van der Waals surface area contributed by atoms with E-state index in [2.05, 4.69) is 58.5 Å². The number of benzene rings is 2. The lowest BCUT2D eigenvalue weighted by Gasteiger charge is -2.22. The molecule has 1 aromatic heterocycles. The lowest BCUT2D eigenvalue weighted by molar-refractivity contribution is -0.116. The Morgan fingerprint density at radius 2 is 1.97 bits per heavy atom. The molecule has 7 heteroatoms. The Kier molecular flexibility index (Phi) is 8.21. The van der Waals surface area contributed by atoms with Gasteiger partial charge in [0.25, 0.3) is 0 Å². The van der Waals surface area contributed by atoms with Crippen LogP contribution in [0.5, 0.6) is 0 Å². The van der Waals surface area contributed by atoms with Crippen LogP contribution in [0.1, 0.15) is 36.6 Å². The normalized spacial score (nSPS) is 13.4. The van der Waals surface area contributed by atoms with Crippen molar-refractivity contribution >= 4 is 40.1 Å². The minimum atomic E-state index is 0.0551. The fourth-order valence-corrected chi connectivity index (χ4v) is 5.19. The second-order valence-electron chi connectivity index (χ2n) is 9.20. The quantitative estimate of drug-likeness (QED) is 0.291. The molecule has 3 N–H and O–H groups in total. The molecular weight excluding hydrogens is 454 g/mol. The summed E-state index contributed by atoms with van der Waals surface area (Å²) in [6, 6.07) is 16.3. The second-order valence-corrected chi connectivity index (χ2v) is 10.1. The number of fused-ring (bicyclic) bond motifs is 1. The minimum Gasteiger partial charge on any atom is -0.383 e. The molecule has 0 atom stereocenters. The summed E-state index contributed by atoms with van der Waals surface area (Å²) in [6.45, 7) is 5.13. The highest BCUT2D eigenvalue weighted by Gasteiger charge is 2.25. The average Bonchev–Trinajstić information content (AvgIpc) is 3.50. The number of hydrogen-bond acceptors (Lipinski definition) is 5. The van der Waals surface area contributed by atoms with Gasteiger partial charge in [0, 0.05) is 36.4 Å². The maximum Gasteiger partial charge on any atom is 0.224 e. The van der Waals surface area contributed by atoms with E-state index < -0.39 is 0 Å². The molecule has 35 heavy (non-hydrogen) atoms. The molecular formula is C28H35N5OS. The highest BCUT2D eigenvalue weighted by molar-refractivity contribution is 7.12. The summed E-state index contributed by atoms with van der Waals surface area (Å²) in [7, 11) is 4.23. The van der Waals surface area contributed by atoms with Crippen LogP contribution in [-0.2, 0) is 11.2 Å². The summed E-state index contributed by atoms with van der Waals surface area (Å²) in [6.07, 6.45) is 3.43. The fourth-order valence-electron chi connectivity index (χ4n) is 4.56. The molecule has 1 aliphatic heterocycles.